The van der Waals surface area contributed by atoms with Crippen LogP contribution in [0.25, 0.3) is 5.65 Å². The Balaban J connectivity index is 1.75. The van der Waals surface area contributed by atoms with Gasteiger partial charge in [0.05, 0.1) is 5.69 Å². The number of hydrogen-bond acceptors (Lipinski definition) is 2. The molecule has 0 N–H and O–H groups in total. The SMILES string of the molecule is CN(Cc1cn2ccccc2n1)C1CCCC1F. The summed E-state index contributed by atoms with van der Waals surface area (Å²) in [5, 5.41) is 0. The number of aromatic nitrogens is 2. The first-order chi connectivity index (χ1) is 8.74. The second-order valence-corrected chi connectivity index (χ2v) is 5.13. The molecule has 1 saturated carbocycles. The van der Waals surface area contributed by atoms with Crippen molar-refractivity contribution in [1.29, 1.82) is 0 Å². The third-order valence-corrected chi connectivity index (χ3v) is 3.79. The van der Waals surface area contributed by atoms with E-state index in [1.54, 1.807) is 0 Å². The summed E-state index contributed by atoms with van der Waals surface area (Å²) in [4.78, 5) is 6.64. The predicted octanol–water partition coefficient (Wildman–Crippen LogP) is 2.66. The van der Waals surface area contributed by atoms with E-state index in [2.05, 4.69) is 9.88 Å². The molecule has 3 nitrogen and oxygen atoms in total. The molecule has 0 spiro atoms. The van der Waals surface area contributed by atoms with Crippen LogP contribution in [0, 0.1) is 0 Å². The first-order valence-corrected chi connectivity index (χ1v) is 6.51. The molecule has 2 aromatic rings. The Hall–Kier alpha value is -1.42. The zero-order valence-electron chi connectivity index (χ0n) is 10.6. The molecule has 1 aliphatic carbocycles. The van der Waals surface area contributed by atoms with Gasteiger partial charge in [-0.25, -0.2) is 9.37 Å². The van der Waals surface area contributed by atoms with E-state index >= 15 is 0 Å². The minimum atomic E-state index is -0.674. The van der Waals surface area contributed by atoms with E-state index in [9.17, 15) is 4.39 Å². The van der Waals surface area contributed by atoms with E-state index in [0.717, 1.165) is 24.2 Å². The second kappa shape index (κ2) is 4.69. The lowest BCUT2D eigenvalue weighted by Gasteiger charge is -2.24. The Kier molecular flexibility index (Phi) is 3.04. The molecule has 2 atom stereocenters. The van der Waals surface area contributed by atoms with Crippen LogP contribution in [0.1, 0.15) is 25.0 Å². The summed E-state index contributed by atoms with van der Waals surface area (Å²) in [6.07, 6.45) is 6.01. The fourth-order valence-electron chi connectivity index (χ4n) is 2.83. The Labute approximate surface area is 106 Å². The molecule has 0 radical (unpaired) electrons. The zero-order valence-corrected chi connectivity index (χ0v) is 10.6. The molecule has 96 valence electrons. The molecule has 2 unspecified atom stereocenters. The van der Waals surface area contributed by atoms with Crippen molar-refractivity contribution in [2.45, 2.75) is 38.0 Å². The van der Waals surface area contributed by atoms with Crippen molar-refractivity contribution in [3.8, 4) is 0 Å². The average molecular weight is 247 g/mol. The molecule has 0 amide bonds. The van der Waals surface area contributed by atoms with Gasteiger partial charge in [0, 0.05) is 25.0 Å². The van der Waals surface area contributed by atoms with Crippen molar-refractivity contribution in [2.24, 2.45) is 0 Å². The minimum Gasteiger partial charge on any atom is -0.307 e. The maximum Gasteiger partial charge on any atom is 0.137 e. The van der Waals surface area contributed by atoms with E-state index < -0.39 is 6.17 Å². The molecule has 0 saturated heterocycles. The molecular formula is C14H18FN3. The average Bonchev–Trinajstić information content (AvgIpc) is 2.94. The Bertz CT molecular complexity index is 504. The summed E-state index contributed by atoms with van der Waals surface area (Å²) in [6.45, 7) is 0.715. The number of rotatable bonds is 3. The standard InChI is InChI=1S/C14H18FN3/c1-17(13-6-4-5-12(13)15)9-11-10-18-8-3-2-7-14(18)16-11/h2-3,7-8,10,12-13H,4-6,9H2,1H3. The van der Waals surface area contributed by atoms with E-state index in [1.807, 2.05) is 42.0 Å². The first kappa shape index (κ1) is 11.7. The lowest BCUT2D eigenvalue weighted by molar-refractivity contribution is 0.152. The van der Waals surface area contributed by atoms with Gasteiger partial charge in [-0.1, -0.05) is 6.07 Å². The highest BCUT2D eigenvalue weighted by Crippen LogP contribution is 2.26. The number of halogens is 1. The Morgan fingerprint density at radius 3 is 3.06 bits per heavy atom. The predicted molar refractivity (Wildman–Crippen MR) is 69.2 cm³/mol. The van der Waals surface area contributed by atoms with Gasteiger partial charge in [0.15, 0.2) is 0 Å². The first-order valence-electron chi connectivity index (χ1n) is 6.51. The van der Waals surface area contributed by atoms with Crippen molar-refractivity contribution >= 4 is 5.65 Å². The monoisotopic (exact) mass is 247 g/mol. The molecule has 2 heterocycles. The van der Waals surface area contributed by atoms with Crippen molar-refractivity contribution in [3.63, 3.8) is 0 Å². The third-order valence-electron chi connectivity index (χ3n) is 3.79. The van der Waals surface area contributed by atoms with Gasteiger partial charge >= 0.3 is 0 Å². The normalized spacial score (nSPS) is 24.2. The van der Waals surface area contributed by atoms with Crippen molar-refractivity contribution in [1.82, 2.24) is 14.3 Å². The molecule has 1 aliphatic rings. The van der Waals surface area contributed by atoms with Crippen molar-refractivity contribution in [2.75, 3.05) is 7.05 Å². The van der Waals surface area contributed by atoms with Crippen LogP contribution in [0.2, 0.25) is 0 Å². The van der Waals surface area contributed by atoms with Crippen LogP contribution >= 0.6 is 0 Å². The van der Waals surface area contributed by atoms with Crippen LogP contribution < -0.4 is 0 Å². The molecule has 4 heteroatoms. The number of alkyl halides is 1. The summed E-state index contributed by atoms with van der Waals surface area (Å²) in [7, 11) is 1.99. The smallest absolute Gasteiger partial charge is 0.137 e. The van der Waals surface area contributed by atoms with E-state index in [4.69, 9.17) is 0 Å². The summed E-state index contributed by atoms with van der Waals surface area (Å²) in [5.74, 6) is 0. The number of fused-ring (bicyclic) bond motifs is 1. The summed E-state index contributed by atoms with van der Waals surface area (Å²) >= 11 is 0. The largest absolute Gasteiger partial charge is 0.307 e. The second-order valence-electron chi connectivity index (χ2n) is 5.13. The number of imidazole rings is 1. The van der Waals surface area contributed by atoms with Gasteiger partial charge in [-0.05, 0) is 38.4 Å². The lowest BCUT2D eigenvalue weighted by atomic mass is 10.2. The fourth-order valence-corrected chi connectivity index (χ4v) is 2.83. The van der Waals surface area contributed by atoms with Crippen LogP contribution in [0.15, 0.2) is 30.6 Å². The van der Waals surface area contributed by atoms with Gasteiger partial charge in [-0.3, -0.25) is 4.90 Å². The summed E-state index contributed by atoms with van der Waals surface area (Å²) < 4.78 is 15.7. The Morgan fingerprint density at radius 2 is 2.33 bits per heavy atom. The number of nitrogens with zero attached hydrogens (tertiary/aromatic N) is 3. The molecule has 1 fully saturated rings. The van der Waals surface area contributed by atoms with Gasteiger partial charge in [0.25, 0.3) is 0 Å². The van der Waals surface area contributed by atoms with Crippen LogP contribution in [0.3, 0.4) is 0 Å². The molecule has 3 rings (SSSR count). The number of pyridine rings is 1. The lowest BCUT2D eigenvalue weighted by Crippen LogP contribution is -2.35. The van der Waals surface area contributed by atoms with Gasteiger partial charge in [0.2, 0.25) is 0 Å². The van der Waals surface area contributed by atoms with Crippen LogP contribution in [0.4, 0.5) is 4.39 Å². The quantitative estimate of drug-likeness (QED) is 0.831. The fraction of sp³-hybridized carbons (Fsp3) is 0.500. The van der Waals surface area contributed by atoms with Crippen molar-refractivity contribution < 1.29 is 4.39 Å². The highest BCUT2D eigenvalue weighted by Gasteiger charge is 2.30. The summed E-state index contributed by atoms with van der Waals surface area (Å²) in [6, 6.07) is 6.01. The van der Waals surface area contributed by atoms with Gasteiger partial charge in [0.1, 0.15) is 11.8 Å². The maximum atomic E-state index is 13.7. The van der Waals surface area contributed by atoms with E-state index in [0.29, 0.717) is 13.0 Å². The van der Waals surface area contributed by atoms with Gasteiger partial charge in [-0.2, -0.15) is 0 Å². The Morgan fingerprint density at radius 1 is 1.44 bits per heavy atom. The van der Waals surface area contributed by atoms with Gasteiger partial charge < -0.3 is 4.40 Å². The highest BCUT2D eigenvalue weighted by molar-refractivity contribution is 5.39. The van der Waals surface area contributed by atoms with Crippen LogP contribution in [0.5, 0.6) is 0 Å². The van der Waals surface area contributed by atoms with Crippen molar-refractivity contribution in [3.05, 3.63) is 36.3 Å². The topological polar surface area (TPSA) is 20.5 Å². The van der Waals surface area contributed by atoms with Crippen LogP contribution in [-0.2, 0) is 6.54 Å². The molecule has 2 aromatic heterocycles. The third kappa shape index (κ3) is 2.12. The van der Waals surface area contributed by atoms with E-state index in [1.165, 1.54) is 0 Å². The molecular weight excluding hydrogens is 229 g/mol. The van der Waals surface area contributed by atoms with Gasteiger partial charge in [-0.15, -0.1) is 0 Å². The summed E-state index contributed by atoms with van der Waals surface area (Å²) in [5.41, 5.74) is 1.95. The molecule has 0 bridgehead atoms. The maximum absolute atomic E-state index is 13.7. The molecule has 0 aliphatic heterocycles. The molecule has 0 aromatic carbocycles. The van der Waals surface area contributed by atoms with E-state index in [-0.39, 0.29) is 6.04 Å². The number of hydrogen-bond donors (Lipinski definition) is 0. The highest BCUT2D eigenvalue weighted by atomic mass is 19.1. The zero-order chi connectivity index (χ0) is 12.5. The molecule has 18 heavy (non-hydrogen) atoms. The van der Waals surface area contributed by atoms with Crippen LogP contribution in [-0.4, -0.2) is 33.5 Å². The minimum absolute atomic E-state index is 0.0646.